The zero-order valence-corrected chi connectivity index (χ0v) is 10.1. The normalized spacial score (nSPS) is 17.8. The van der Waals surface area contributed by atoms with Crippen LogP contribution in [0.2, 0.25) is 0 Å². The molecule has 1 aromatic carbocycles. The Morgan fingerprint density at radius 2 is 2.22 bits per heavy atom. The molecule has 1 saturated heterocycles. The summed E-state index contributed by atoms with van der Waals surface area (Å²) in [5.41, 5.74) is 1.53. The van der Waals surface area contributed by atoms with Gasteiger partial charge in [-0.3, -0.25) is 9.59 Å². The number of carbonyl (C=O) groups excluding carboxylic acids is 2. The molecule has 1 atom stereocenters. The smallest absolute Gasteiger partial charge is 0.247 e. The minimum absolute atomic E-state index is 0.165. The Labute approximate surface area is 106 Å². The van der Waals surface area contributed by atoms with Crippen molar-refractivity contribution in [3.8, 4) is 0 Å². The number of anilines is 1. The zero-order chi connectivity index (χ0) is 13.1. The van der Waals surface area contributed by atoms with Gasteiger partial charge in [-0.25, -0.2) is 0 Å². The van der Waals surface area contributed by atoms with Crippen LogP contribution in [0.25, 0.3) is 0 Å². The topological polar surface area (TPSA) is 49.4 Å². The maximum atomic E-state index is 12.0. The molecule has 0 spiro atoms. The average molecular weight is 243 g/mol. The minimum atomic E-state index is -0.385. The standard InChI is InChI=1S/C14H15N2O2/c1-3-13(17)16-8-7-12(16)14(18)15-11-6-4-5-10(2)9-11/h3-6,9,12H,1-2,7-8H2,(H,15,18). The van der Waals surface area contributed by atoms with Crippen molar-refractivity contribution in [1.29, 1.82) is 0 Å². The Bertz CT molecular complexity index is 496. The molecule has 1 aromatic rings. The Kier molecular flexibility index (Phi) is 3.46. The highest BCUT2D eigenvalue weighted by Gasteiger charge is 2.36. The summed E-state index contributed by atoms with van der Waals surface area (Å²) in [6.45, 7) is 7.83. The van der Waals surface area contributed by atoms with Crippen molar-refractivity contribution >= 4 is 17.5 Å². The third-order valence-electron chi connectivity index (χ3n) is 2.97. The van der Waals surface area contributed by atoms with Gasteiger partial charge in [0.25, 0.3) is 0 Å². The van der Waals surface area contributed by atoms with Gasteiger partial charge in [0.2, 0.25) is 11.8 Å². The van der Waals surface area contributed by atoms with Crippen molar-refractivity contribution in [1.82, 2.24) is 4.90 Å². The molecular formula is C14H15N2O2. The van der Waals surface area contributed by atoms with Crippen LogP contribution in [0.3, 0.4) is 0 Å². The molecule has 1 heterocycles. The fraction of sp³-hybridized carbons (Fsp3) is 0.214. The van der Waals surface area contributed by atoms with E-state index < -0.39 is 0 Å². The lowest BCUT2D eigenvalue weighted by atomic mass is 10.0. The number of nitrogens with one attached hydrogen (secondary N) is 1. The van der Waals surface area contributed by atoms with Crippen LogP contribution in [-0.2, 0) is 9.59 Å². The molecule has 1 unspecified atom stereocenters. The molecular weight excluding hydrogens is 228 g/mol. The van der Waals surface area contributed by atoms with Crippen LogP contribution < -0.4 is 5.32 Å². The Balaban J connectivity index is 2.00. The Hall–Kier alpha value is -2.10. The van der Waals surface area contributed by atoms with Gasteiger partial charge < -0.3 is 10.2 Å². The van der Waals surface area contributed by atoms with E-state index in [2.05, 4.69) is 18.8 Å². The molecule has 18 heavy (non-hydrogen) atoms. The fourth-order valence-electron chi connectivity index (χ4n) is 1.92. The molecule has 0 bridgehead atoms. The van der Waals surface area contributed by atoms with E-state index in [9.17, 15) is 9.59 Å². The first-order chi connectivity index (χ1) is 8.61. The molecule has 1 aliphatic rings. The van der Waals surface area contributed by atoms with E-state index in [-0.39, 0.29) is 17.9 Å². The molecule has 1 fully saturated rings. The van der Waals surface area contributed by atoms with Gasteiger partial charge in [-0.15, -0.1) is 0 Å². The van der Waals surface area contributed by atoms with Crippen molar-refractivity contribution in [2.75, 3.05) is 11.9 Å². The van der Waals surface area contributed by atoms with Crippen LogP contribution in [0.4, 0.5) is 5.69 Å². The van der Waals surface area contributed by atoms with Gasteiger partial charge in [-0.1, -0.05) is 18.7 Å². The predicted octanol–water partition coefficient (Wildman–Crippen LogP) is 1.59. The van der Waals surface area contributed by atoms with Crippen LogP contribution >= 0.6 is 0 Å². The zero-order valence-electron chi connectivity index (χ0n) is 10.1. The summed E-state index contributed by atoms with van der Waals surface area (Å²) >= 11 is 0. The quantitative estimate of drug-likeness (QED) is 0.820. The molecule has 1 N–H and O–H groups in total. The second kappa shape index (κ2) is 5.04. The van der Waals surface area contributed by atoms with E-state index in [4.69, 9.17) is 0 Å². The molecule has 0 aromatic heterocycles. The fourth-order valence-corrected chi connectivity index (χ4v) is 1.92. The summed E-state index contributed by atoms with van der Waals surface area (Å²) in [5.74, 6) is -0.366. The Morgan fingerprint density at radius 1 is 1.44 bits per heavy atom. The Morgan fingerprint density at radius 3 is 2.78 bits per heavy atom. The van der Waals surface area contributed by atoms with Gasteiger partial charge in [0, 0.05) is 12.2 Å². The molecule has 0 saturated carbocycles. The molecule has 1 aliphatic heterocycles. The SMILES string of the molecule is [CH2]c1cccc(NC(=O)C2CCN2C(=O)C=C)c1. The van der Waals surface area contributed by atoms with Crippen molar-refractivity contribution < 1.29 is 9.59 Å². The van der Waals surface area contributed by atoms with Crippen LogP contribution in [0, 0.1) is 6.92 Å². The van der Waals surface area contributed by atoms with Crippen molar-refractivity contribution in [3.05, 3.63) is 49.4 Å². The number of hydrogen-bond acceptors (Lipinski definition) is 2. The predicted molar refractivity (Wildman–Crippen MR) is 69.8 cm³/mol. The number of benzene rings is 1. The monoisotopic (exact) mass is 243 g/mol. The number of amides is 2. The van der Waals surface area contributed by atoms with Gasteiger partial charge in [-0.05, 0) is 37.1 Å². The molecule has 1 radical (unpaired) electrons. The number of likely N-dealkylation sites (tertiary alicyclic amines) is 1. The number of rotatable bonds is 3. The van der Waals surface area contributed by atoms with Crippen LogP contribution in [0.1, 0.15) is 12.0 Å². The van der Waals surface area contributed by atoms with Gasteiger partial charge in [0.05, 0.1) is 0 Å². The lowest BCUT2D eigenvalue weighted by molar-refractivity contribution is -0.141. The second-order valence-electron chi connectivity index (χ2n) is 4.23. The molecule has 2 rings (SSSR count). The van der Waals surface area contributed by atoms with E-state index in [1.54, 1.807) is 12.1 Å². The number of hydrogen-bond donors (Lipinski definition) is 1. The van der Waals surface area contributed by atoms with E-state index in [0.717, 1.165) is 5.56 Å². The van der Waals surface area contributed by atoms with Gasteiger partial charge in [0.1, 0.15) is 6.04 Å². The van der Waals surface area contributed by atoms with E-state index in [0.29, 0.717) is 18.7 Å². The summed E-state index contributed by atoms with van der Waals surface area (Å²) in [6, 6.07) is 6.88. The molecule has 4 heteroatoms. The van der Waals surface area contributed by atoms with Gasteiger partial charge in [-0.2, -0.15) is 0 Å². The molecule has 0 aliphatic carbocycles. The van der Waals surface area contributed by atoms with Gasteiger partial charge >= 0.3 is 0 Å². The first-order valence-electron chi connectivity index (χ1n) is 5.78. The summed E-state index contributed by atoms with van der Waals surface area (Å²) in [4.78, 5) is 24.9. The summed E-state index contributed by atoms with van der Waals surface area (Å²) in [7, 11) is 0. The number of carbonyl (C=O) groups is 2. The van der Waals surface area contributed by atoms with E-state index in [1.165, 1.54) is 11.0 Å². The van der Waals surface area contributed by atoms with Crippen molar-refractivity contribution in [2.24, 2.45) is 0 Å². The minimum Gasteiger partial charge on any atom is -0.327 e. The molecule has 93 valence electrons. The van der Waals surface area contributed by atoms with Crippen molar-refractivity contribution in [3.63, 3.8) is 0 Å². The van der Waals surface area contributed by atoms with E-state index in [1.807, 2.05) is 12.1 Å². The van der Waals surface area contributed by atoms with Crippen LogP contribution in [0.5, 0.6) is 0 Å². The maximum Gasteiger partial charge on any atom is 0.247 e. The summed E-state index contributed by atoms with van der Waals surface area (Å²) in [5, 5.41) is 2.79. The largest absolute Gasteiger partial charge is 0.327 e. The molecule has 4 nitrogen and oxygen atoms in total. The lowest BCUT2D eigenvalue weighted by Crippen LogP contribution is -2.56. The highest BCUT2D eigenvalue weighted by molar-refractivity contribution is 6.00. The molecule has 2 amide bonds. The van der Waals surface area contributed by atoms with Gasteiger partial charge in [0.15, 0.2) is 0 Å². The maximum absolute atomic E-state index is 12.0. The highest BCUT2D eigenvalue weighted by Crippen LogP contribution is 2.20. The third kappa shape index (κ3) is 2.42. The van der Waals surface area contributed by atoms with Crippen molar-refractivity contribution in [2.45, 2.75) is 12.5 Å². The van der Waals surface area contributed by atoms with Crippen LogP contribution in [-0.4, -0.2) is 29.3 Å². The second-order valence-corrected chi connectivity index (χ2v) is 4.23. The first kappa shape index (κ1) is 12.4. The lowest BCUT2D eigenvalue weighted by Gasteiger charge is -2.39. The van der Waals surface area contributed by atoms with Crippen LogP contribution in [0.15, 0.2) is 36.9 Å². The average Bonchev–Trinajstić information content (AvgIpc) is 2.27. The summed E-state index contributed by atoms with van der Waals surface area (Å²) < 4.78 is 0. The van der Waals surface area contributed by atoms with E-state index >= 15 is 0 Å². The number of nitrogens with zero attached hydrogens (tertiary/aromatic N) is 1. The third-order valence-corrected chi connectivity index (χ3v) is 2.97. The summed E-state index contributed by atoms with van der Waals surface area (Å²) in [6.07, 6.45) is 1.92. The highest BCUT2D eigenvalue weighted by atomic mass is 16.2. The first-order valence-corrected chi connectivity index (χ1v) is 5.78.